The molecule has 2 saturated heterocycles. The fourth-order valence-electron chi connectivity index (χ4n) is 4.37. The van der Waals surface area contributed by atoms with Crippen LogP contribution >= 0.6 is 0 Å². The predicted octanol–water partition coefficient (Wildman–Crippen LogP) is 3.03. The van der Waals surface area contributed by atoms with Crippen LogP contribution in [0.15, 0.2) is 12.1 Å². The molecule has 1 aromatic rings. The third-order valence-corrected chi connectivity index (χ3v) is 5.85. The van der Waals surface area contributed by atoms with Gasteiger partial charge < -0.3 is 20.1 Å². The lowest BCUT2D eigenvalue weighted by atomic mass is 9.93. The number of phenolic OH excluding ortho intramolecular Hbond substituents is 1. The van der Waals surface area contributed by atoms with Crippen LogP contribution in [0.1, 0.15) is 42.9 Å². The Morgan fingerprint density at radius 3 is 2.64 bits per heavy atom. The van der Waals surface area contributed by atoms with Crippen molar-refractivity contribution in [2.24, 2.45) is 5.92 Å². The number of phenols is 1. The van der Waals surface area contributed by atoms with Crippen molar-refractivity contribution in [1.82, 2.24) is 10.2 Å². The maximum atomic E-state index is 9.89. The van der Waals surface area contributed by atoms with E-state index in [1.807, 2.05) is 13.8 Å². The smallest absolute Gasteiger partial charge is 0.121 e. The van der Waals surface area contributed by atoms with Gasteiger partial charge in [-0.15, -0.1) is 0 Å². The van der Waals surface area contributed by atoms with Gasteiger partial charge in [0.25, 0.3) is 0 Å². The van der Waals surface area contributed by atoms with E-state index in [9.17, 15) is 5.11 Å². The van der Waals surface area contributed by atoms with Crippen molar-refractivity contribution in [1.29, 1.82) is 0 Å². The highest BCUT2D eigenvalue weighted by Crippen LogP contribution is 2.23. The summed E-state index contributed by atoms with van der Waals surface area (Å²) in [6.07, 6.45) is 5.18. The van der Waals surface area contributed by atoms with E-state index in [4.69, 9.17) is 4.74 Å². The molecule has 2 fully saturated rings. The zero-order valence-electron chi connectivity index (χ0n) is 16.1. The van der Waals surface area contributed by atoms with Gasteiger partial charge in [-0.25, -0.2) is 0 Å². The van der Waals surface area contributed by atoms with Crippen LogP contribution in [0.25, 0.3) is 0 Å². The van der Waals surface area contributed by atoms with E-state index in [1.54, 1.807) is 0 Å². The van der Waals surface area contributed by atoms with Gasteiger partial charge in [0.1, 0.15) is 5.75 Å². The van der Waals surface area contributed by atoms with E-state index in [-0.39, 0.29) is 0 Å². The summed E-state index contributed by atoms with van der Waals surface area (Å²) >= 11 is 0. The van der Waals surface area contributed by atoms with Crippen molar-refractivity contribution < 1.29 is 9.84 Å². The van der Waals surface area contributed by atoms with Crippen LogP contribution in [0.3, 0.4) is 0 Å². The first-order chi connectivity index (χ1) is 12.0. The molecule has 0 amide bonds. The molecule has 2 aliphatic rings. The first-order valence-corrected chi connectivity index (χ1v) is 9.89. The second-order valence-electron chi connectivity index (χ2n) is 8.05. The van der Waals surface area contributed by atoms with Gasteiger partial charge in [0.05, 0.1) is 6.10 Å². The van der Waals surface area contributed by atoms with Crippen LogP contribution in [0.4, 0.5) is 0 Å². The zero-order chi connectivity index (χ0) is 17.8. The normalized spacial score (nSPS) is 27.7. The van der Waals surface area contributed by atoms with Crippen molar-refractivity contribution in [3.63, 3.8) is 0 Å². The van der Waals surface area contributed by atoms with Gasteiger partial charge in [0.15, 0.2) is 0 Å². The lowest BCUT2D eigenvalue weighted by Gasteiger charge is -2.38. The van der Waals surface area contributed by atoms with Crippen LogP contribution in [0, 0.1) is 19.8 Å². The van der Waals surface area contributed by atoms with Crippen molar-refractivity contribution >= 4 is 0 Å². The molecule has 0 aromatic heterocycles. The first-order valence-electron chi connectivity index (χ1n) is 9.89. The van der Waals surface area contributed by atoms with Crippen molar-refractivity contribution in [2.45, 2.75) is 58.6 Å². The Labute approximate surface area is 152 Å². The Morgan fingerprint density at radius 1 is 1.24 bits per heavy atom. The number of rotatable bonds is 6. The maximum absolute atomic E-state index is 9.89. The third-order valence-electron chi connectivity index (χ3n) is 5.85. The summed E-state index contributed by atoms with van der Waals surface area (Å²) in [5.41, 5.74) is 3.26. The Hall–Kier alpha value is -1.10. The number of hydrogen-bond donors (Lipinski definition) is 2. The van der Waals surface area contributed by atoms with Crippen LogP contribution in [-0.4, -0.2) is 54.9 Å². The number of aryl methyl sites for hydroxylation is 2. The highest BCUT2D eigenvalue weighted by Gasteiger charge is 2.28. The van der Waals surface area contributed by atoms with Crippen molar-refractivity contribution in [3.8, 4) is 5.75 Å². The monoisotopic (exact) mass is 346 g/mol. The standard InChI is InChI=1S/C21H34N2O2/c1-15-11-18(12-16(2)21(15)24)6-8-22-20-7-9-23(13-17(20)3)14-19-5-4-10-25-19/h11-12,17,19-20,22,24H,4-10,13-14H2,1-3H3/t17-,19-,20+/m0/s1. The SMILES string of the molecule is Cc1cc(CCN[C@@H]2CCN(C[C@@H]3CCCO3)C[C@@H]2C)cc(C)c1O. The number of likely N-dealkylation sites (tertiary alicyclic amines) is 1. The van der Waals surface area contributed by atoms with Gasteiger partial charge in [0.2, 0.25) is 0 Å². The highest BCUT2D eigenvalue weighted by atomic mass is 16.5. The summed E-state index contributed by atoms with van der Waals surface area (Å²) in [6.45, 7) is 11.8. The van der Waals surface area contributed by atoms with Gasteiger partial charge in [-0.2, -0.15) is 0 Å². The molecule has 1 aromatic carbocycles. The molecule has 4 nitrogen and oxygen atoms in total. The summed E-state index contributed by atoms with van der Waals surface area (Å²) in [6, 6.07) is 4.83. The molecule has 0 aliphatic carbocycles. The molecule has 2 heterocycles. The minimum absolute atomic E-state index is 0.434. The lowest BCUT2D eigenvalue weighted by Crippen LogP contribution is -2.50. The van der Waals surface area contributed by atoms with Crippen LogP contribution in [0.2, 0.25) is 0 Å². The van der Waals surface area contributed by atoms with Crippen LogP contribution < -0.4 is 5.32 Å². The topological polar surface area (TPSA) is 44.7 Å². The average Bonchev–Trinajstić information content (AvgIpc) is 3.07. The van der Waals surface area contributed by atoms with Crippen molar-refractivity contribution in [3.05, 3.63) is 28.8 Å². The first kappa shape index (κ1) is 18.7. The number of aromatic hydroxyl groups is 1. The molecule has 0 spiro atoms. The highest BCUT2D eigenvalue weighted by molar-refractivity contribution is 5.42. The Kier molecular flexibility index (Phi) is 6.37. The fourth-order valence-corrected chi connectivity index (χ4v) is 4.37. The molecule has 3 rings (SSSR count). The summed E-state index contributed by atoms with van der Waals surface area (Å²) in [7, 11) is 0. The van der Waals surface area contributed by atoms with E-state index in [0.717, 1.165) is 37.2 Å². The fraction of sp³-hybridized carbons (Fsp3) is 0.714. The van der Waals surface area contributed by atoms with E-state index in [0.29, 0.717) is 23.8 Å². The molecule has 0 radical (unpaired) electrons. The summed E-state index contributed by atoms with van der Waals surface area (Å²) in [5, 5.41) is 13.7. The van der Waals surface area contributed by atoms with Gasteiger partial charge in [-0.3, -0.25) is 0 Å². The molecule has 2 N–H and O–H groups in total. The largest absolute Gasteiger partial charge is 0.507 e. The van der Waals surface area contributed by atoms with Crippen LogP contribution in [-0.2, 0) is 11.2 Å². The number of ether oxygens (including phenoxy) is 1. The predicted molar refractivity (Wildman–Crippen MR) is 102 cm³/mol. The summed E-state index contributed by atoms with van der Waals surface area (Å²) in [4.78, 5) is 2.59. The molecule has 0 bridgehead atoms. The molecule has 0 saturated carbocycles. The van der Waals surface area contributed by atoms with E-state index in [1.165, 1.54) is 37.9 Å². The van der Waals surface area contributed by atoms with Crippen molar-refractivity contribution in [2.75, 3.05) is 32.8 Å². The second-order valence-corrected chi connectivity index (χ2v) is 8.05. The number of nitrogens with one attached hydrogen (secondary N) is 1. The van der Waals surface area contributed by atoms with E-state index >= 15 is 0 Å². The third kappa shape index (κ3) is 4.96. The second kappa shape index (κ2) is 8.52. The molecule has 0 unspecified atom stereocenters. The van der Waals surface area contributed by atoms with E-state index < -0.39 is 0 Å². The zero-order valence-corrected chi connectivity index (χ0v) is 16.1. The molecule has 3 atom stereocenters. The van der Waals surface area contributed by atoms with Gasteiger partial charge in [-0.05, 0) is 75.2 Å². The minimum Gasteiger partial charge on any atom is -0.507 e. The Morgan fingerprint density at radius 2 is 2.00 bits per heavy atom. The van der Waals surface area contributed by atoms with E-state index in [2.05, 4.69) is 29.3 Å². The number of benzene rings is 1. The van der Waals surface area contributed by atoms with Crippen LogP contribution in [0.5, 0.6) is 5.75 Å². The van der Waals surface area contributed by atoms with Gasteiger partial charge in [0, 0.05) is 25.7 Å². The van der Waals surface area contributed by atoms with Gasteiger partial charge in [-0.1, -0.05) is 19.1 Å². The molecule has 2 aliphatic heterocycles. The molecular weight excluding hydrogens is 312 g/mol. The number of piperidine rings is 1. The number of hydrogen-bond acceptors (Lipinski definition) is 4. The quantitative estimate of drug-likeness (QED) is 0.831. The maximum Gasteiger partial charge on any atom is 0.121 e. The summed E-state index contributed by atoms with van der Waals surface area (Å²) in [5.74, 6) is 1.11. The number of nitrogens with zero attached hydrogens (tertiary/aromatic N) is 1. The average molecular weight is 347 g/mol. The molecular formula is C21H34N2O2. The van der Waals surface area contributed by atoms with Gasteiger partial charge >= 0.3 is 0 Å². The lowest BCUT2D eigenvalue weighted by molar-refractivity contribution is 0.0514. The molecule has 140 valence electrons. The Balaban J connectivity index is 1.42. The molecule has 25 heavy (non-hydrogen) atoms. The summed E-state index contributed by atoms with van der Waals surface area (Å²) < 4.78 is 5.78. The molecule has 4 heteroatoms. The minimum atomic E-state index is 0.434. The Bertz CT molecular complexity index is 546.